The lowest BCUT2D eigenvalue weighted by atomic mass is 10.3. The van der Waals surface area contributed by atoms with E-state index in [4.69, 9.17) is 10.5 Å². The van der Waals surface area contributed by atoms with Gasteiger partial charge in [-0.25, -0.2) is 4.98 Å². The summed E-state index contributed by atoms with van der Waals surface area (Å²) in [7, 11) is 1.61. The summed E-state index contributed by atoms with van der Waals surface area (Å²) in [5, 5.41) is 0. The van der Waals surface area contributed by atoms with Gasteiger partial charge < -0.3 is 15.4 Å². The molecule has 0 bridgehead atoms. The van der Waals surface area contributed by atoms with Crippen LogP contribution < -0.4 is 15.4 Å². The minimum Gasteiger partial charge on any atom is -0.481 e. The Bertz CT molecular complexity index is 336. The Morgan fingerprint density at radius 3 is 2.80 bits per heavy atom. The molecule has 0 amide bonds. The van der Waals surface area contributed by atoms with Gasteiger partial charge in [-0.3, -0.25) is 0 Å². The molecule has 82 valence electrons. The van der Waals surface area contributed by atoms with Crippen molar-refractivity contribution in [3.8, 4) is 5.88 Å². The lowest BCUT2D eigenvalue weighted by Gasteiger charge is -2.16. The Morgan fingerprint density at radius 1 is 1.47 bits per heavy atom. The number of aromatic nitrogens is 2. The highest BCUT2D eigenvalue weighted by molar-refractivity contribution is 5.36. The average Bonchev–Trinajstić information content (AvgIpc) is 2.81. The Labute approximate surface area is 89.3 Å². The number of hydrogen-bond acceptors (Lipinski definition) is 5. The zero-order valence-electron chi connectivity index (χ0n) is 8.94. The largest absolute Gasteiger partial charge is 0.481 e. The molecule has 2 rings (SSSR count). The van der Waals surface area contributed by atoms with E-state index >= 15 is 0 Å². The molecule has 0 radical (unpaired) electrons. The monoisotopic (exact) mass is 208 g/mol. The van der Waals surface area contributed by atoms with Gasteiger partial charge in [0, 0.05) is 31.4 Å². The Hall–Kier alpha value is -1.36. The van der Waals surface area contributed by atoms with Crippen LogP contribution in [-0.4, -0.2) is 30.2 Å². The van der Waals surface area contributed by atoms with Crippen molar-refractivity contribution in [1.82, 2.24) is 9.97 Å². The predicted molar refractivity (Wildman–Crippen MR) is 57.9 cm³/mol. The summed E-state index contributed by atoms with van der Waals surface area (Å²) in [6, 6.07) is 0. The molecule has 0 atom stereocenters. The molecule has 0 spiro atoms. The van der Waals surface area contributed by atoms with Crippen molar-refractivity contribution in [1.29, 1.82) is 0 Å². The van der Waals surface area contributed by atoms with Gasteiger partial charge in [-0.2, -0.15) is 4.98 Å². The van der Waals surface area contributed by atoms with Crippen LogP contribution in [0.3, 0.4) is 0 Å². The highest BCUT2D eigenvalue weighted by Crippen LogP contribution is 2.20. The Balaban J connectivity index is 2.25. The predicted octanol–water partition coefficient (Wildman–Crippen LogP) is 0.544. The number of nitrogens with zero attached hydrogens (tertiary/aromatic N) is 3. The van der Waals surface area contributed by atoms with Crippen LogP contribution in [0.15, 0.2) is 6.20 Å². The molecular formula is C10H16N4O. The van der Waals surface area contributed by atoms with Gasteiger partial charge in [0.1, 0.15) is 0 Å². The molecule has 0 unspecified atom stereocenters. The second-order valence-electron chi connectivity index (χ2n) is 3.60. The fraction of sp³-hybridized carbons (Fsp3) is 0.600. The van der Waals surface area contributed by atoms with E-state index in [1.807, 2.05) is 0 Å². The minimum absolute atomic E-state index is 0.406. The van der Waals surface area contributed by atoms with Crippen LogP contribution in [0.2, 0.25) is 0 Å². The molecule has 1 fully saturated rings. The summed E-state index contributed by atoms with van der Waals surface area (Å²) in [6.07, 6.45) is 4.17. The molecule has 2 N–H and O–H groups in total. The molecule has 15 heavy (non-hydrogen) atoms. The van der Waals surface area contributed by atoms with Crippen molar-refractivity contribution >= 4 is 5.95 Å². The topological polar surface area (TPSA) is 64.3 Å². The third-order valence-electron chi connectivity index (χ3n) is 2.61. The summed E-state index contributed by atoms with van der Waals surface area (Å²) in [5.74, 6) is 1.34. The quantitative estimate of drug-likeness (QED) is 0.785. The van der Waals surface area contributed by atoms with Crippen molar-refractivity contribution in [3.63, 3.8) is 0 Å². The fourth-order valence-corrected chi connectivity index (χ4v) is 1.77. The van der Waals surface area contributed by atoms with Gasteiger partial charge in [0.05, 0.1) is 7.11 Å². The van der Waals surface area contributed by atoms with Crippen molar-refractivity contribution in [2.75, 3.05) is 25.1 Å². The number of methoxy groups -OCH3 is 1. The fourth-order valence-electron chi connectivity index (χ4n) is 1.77. The van der Waals surface area contributed by atoms with Gasteiger partial charge in [0.2, 0.25) is 11.8 Å². The SMILES string of the molecule is COc1nc(N2CCCC2)ncc1CN. The first-order valence-electron chi connectivity index (χ1n) is 5.20. The molecule has 2 heterocycles. The second-order valence-corrected chi connectivity index (χ2v) is 3.60. The summed E-state index contributed by atoms with van der Waals surface area (Å²) in [4.78, 5) is 10.8. The number of ether oxygens (including phenoxy) is 1. The zero-order valence-corrected chi connectivity index (χ0v) is 8.94. The Kier molecular flexibility index (Phi) is 3.01. The molecule has 1 saturated heterocycles. The van der Waals surface area contributed by atoms with Crippen molar-refractivity contribution in [3.05, 3.63) is 11.8 Å². The van der Waals surface area contributed by atoms with Crippen molar-refractivity contribution in [2.24, 2.45) is 5.73 Å². The van der Waals surface area contributed by atoms with Gasteiger partial charge in [-0.1, -0.05) is 0 Å². The maximum absolute atomic E-state index is 5.56. The van der Waals surface area contributed by atoms with E-state index < -0.39 is 0 Å². The van der Waals surface area contributed by atoms with Crippen LogP contribution in [0.25, 0.3) is 0 Å². The maximum atomic E-state index is 5.56. The zero-order chi connectivity index (χ0) is 10.7. The summed E-state index contributed by atoms with van der Waals surface area (Å²) in [6.45, 7) is 2.47. The average molecular weight is 208 g/mol. The second kappa shape index (κ2) is 4.44. The smallest absolute Gasteiger partial charge is 0.228 e. The molecule has 1 aliphatic rings. The van der Waals surface area contributed by atoms with E-state index in [2.05, 4.69) is 14.9 Å². The Morgan fingerprint density at radius 2 is 2.20 bits per heavy atom. The van der Waals surface area contributed by atoms with Crippen LogP contribution in [0.4, 0.5) is 5.95 Å². The first-order chi connectivity index (χ1) is 7.35. The summed E-state index contributed by atoms with van der Waals surface area (Å²) < 4.78 is 5.18. The van der Waals surface area contributed by atoms with Crippen LogP contribution >= 0.6 is 0 Å². The third-order valence-corrected chi connectivity index (χ3v) is 2.61. The van der Waals surface area contributed by atoms with Gasteiger partial charge in [0.15, 0.2) is 0 Å². The van der Waals surface area contributed by atoms with Gasteiger partial charge in [0.25, 0.3) is 0 Å². The number of anilines is 1. The van der Waals surface area contributed by atoms with Gasteiger partial charge in [-0.15, -0.1) is 0 Å². The standard InChI is InChI=1S/C10H16N4O/c1-15-9-8(6-11)7-12-10(13-9)14-4-2-3-5-14/h7H,2-6,11H2,1H3. The number of nitrogens with two attached hydrogens (primary N) is 1. The highest BCUT2D eigenvalue weighted by Gasteiger charge is 2.16. The molecule has 5 nitrogen and oxygen atoms in total. The highest BCUT2D eigenvalue weighted by atomic mass is 16.5. The lowest BCUT2D eigenvalue weighted by molar-refractivity contribution is 0.391. The molecule has 1 aromatic rings. The third kappa shape index (κ3) is 2.02. The van der Waals surface area contributed by atoms with Crippen LogP contribution in [-0.2, 0) is 6.54 Å². The van der Waals surface area contributed by atoms with Gasteiger partial charge in [-0.05, 0) is 12.8 Å². The lowest BCUT2D eigenvalue weighted by Crippen LogP contribution is -2.21. The van der Waals surface area contributed by atoms with Crippen LogP contribution in [0, 0.1) is 0 Å². The van der Waals surface area contributed by atoms with Crippen LogP contribution in [0.5, 0.6) is 5.88 Å². The molecular weight excluding hydrogens is 192 g/mol. The molecule has 0 saturated carbocycles. The summed E-state index contributed by atoms with van der Waals surface area (Å²) >= 11 is 0. The van der Waals surface area contributed by atoms with E-state index in [9.17, 15) is 0 Å². The molecule has 1 aliphatic heterocycles. The van der Waals surface area contributed by atoms with E-state index in [0.717, 1.165) is 24.6 Å². The minimum atomic E-state index is 0.406. The summed E-state index contributed by atoms with van der Waals surface area (Å²) in [5.41, 5.74) is 6.40. The molecule has 5 heteroatoms. The van der Waals surface area contributed by atoms with Gasteiger partial charge >= 0.3 is 0 Å². The molecule has 0 aromatic carbocycles. The first kappa shape index (κ1) is 10.2. The number of rotatable bonds is 3. The normalized spacial score (nSPS) is 15.7. The van der Waals surface area contributed by atoms with Crippen molar-refractivity contribution in [2.45, 2.75) is 19.4 Å². The molecule has 1 aromatic heterocycles. The van der Waals surface area contributed by atoms with Crippen molar-refractivity contribution < 1.29 is 4.74 Å². The van der Waals surface area contributed by atoms with E-state index in [-0.39, 0.29) is 0 Å². The van der Waals surface area contributed by atoms with E-state index in [1.54, 1.807) is 13.3 Å². The maximum Gasteiger partial charge on any atom is 0.228 e. The molecule has 0 aliphatic carbocycles. The first-order valence-corrected chi connectivity index (χ1v) is 5.20. The van der Waals surface area contributed by atoms with E-state index in [0.29, 0.717) is 12.4 Å². The van der Waals surface area contributed by atoms with E-state index in [1.165, 1.54) is 12.8 Å². The van der Waals surface area contributed by atoms with Crippen LogP contribution in [0.1, 0.15) is 18.4 Å². The number of hydrogen-bond donors (Lipinski definition) is 1.